The monoisotopic (exact) mass is 407 g/mol. The van der Waals surface area contributed by atoms with E-state index in [1.807, 2.05) is 31.1 Å². The van der Waals surface area contributed by atoms with E-state index in [9.17, 15) is 4.57 Å². The molecule has 1 atom stereocenters. The van der Waals surface area contributed by atoms with Gasteiger partial charge in [-0.3, -0.25) is 4.57 Å². The van der Waals surface area contributed by atoms with E-state index in [-0.39, 0.29) is 0 Å². The number of rotatable bonds is 9. The second-order valence-corrected chi connectivity index (χ2v) is 17.4. The second kappa shape index (κ2) is 9.44. The van der Waals surface area contributed by atoms with Crippen LogP contribution in [0.25, 0.3) is 0 Å². The molecule has 0 bridgehead atoms. The van der Waals surface area contributed by atoms with Crippen molar-refractivity contribution in [1.29, 1.82) is 0 Å². The van der Waals surface area contributed by atoms with Gasteiger partial charge in [0.1, 0.15) is 0 Å². The zero-order valence-electron chi connectivity index (χ0n) is 16.6. The van der Waals surface area contributed by atoms with Crippen molar-refractivity contribution in [3.05, 3.63) is 60.7 Å². The Bertz CT molecular complexity index is 678. The van der Waals surface area contributed by atoms with Crippen molar-refractivity contribution in [1.82, 2.24) is 4.90 Å². The number of benzene rings is 2. The summed E-state index contributed by atoms with van der Waals surface area (Å²) < 4.78 is 19.8. The highest BCUT2D eigenvalue weighted by atomic mass is 31.2. The summed E-state index contributed by atoms with van der Waals surface area (Å²) in [5.41, 5.74) is 0. The summed E-state index contributed by atoms with van der Waals surface area (Å²) in [4.78, 5) is 1.99. The maximum absolute atomic E-state index is 13.6. The van der Waals surface area contributed by atoms with Gasteiger partial charge < -0.3 is 9.11 Å². The fourth-order valence-corrected chi connectivity index (χ4v) is 12.4. The van der Waals surface area contributed by atoms with Crippen LogP contribution in [-0.2, 0) is 8.78 Å². The van der Waals surface area contributed by atoms with Crippen LogP contribution in [0.15, 0.2) is 60.7 Å². The van der Waals surface area contributed by atoms with Gasteiger partial charge in [0.2, 0.25) is 7.37 Å². The largest absolute Gasteiger partial charge is 0.369 e. The normalized spacial score (nSPS) is 14.6. The van der Waals surface area contributed by atoms with Crippen LogP contribution in [-0.4, -0.2) is 45.9 Å². The third-order valence-electron chi connectivity index (χ3n) is 3.74. The molecule has 0 heterocycles. The van der Waals surface area contributed by atoms with E-state index < -0.39 is 23.6 Å². The minimum atomic E-state index is -2.69. The maximum Gasteiger partial charge on any atom is 0.207 e. The van der Waals surface area contributed by atoms with Crippen molar-refractivity contribution in [3.63, 3.8) is 0 Å². The van der Waals surface area contributed by atoms with Crippen LogP contribution in [0.2, 0.25) is 19.6 Å². The van der Waals surface area contributed by atoms with Crippen molar-refractivity contribution in [2.24, 2.45) is 0 Å². The zero-order chi connectivity index (χ0) is 19.2. The van der Waals surface area contributed by atoms with Gasteiger partial charge >= 0.3 is 0 Å². The predicted octanol–water partition coefficient (Wildman–Crippen LogP) is 4.77. The molecule has 0 radical (unpaired) electrons. The molecule has 0 saturated carbocycles. The lowest BCUT2D eigenvalue weighted by Gasteiger charge is -2.30. The van der Waals surface area contributed by atoms with Gasteiger partial charge in [-0.05, 0) is 58.4 Å². The average Bonchev–Trinajstić information content (AvgIpc) is 2.54. The smallest absolute Gasteiger partial charge is 0.207 e. The molecule has 0 amide bonds. The van der Waals surface area contributed by atoms with Gasteiger partial charge in [-0.15, -0.1) is 0 Å². The lowest BCUT2D eigenvalue weighted by atomic mass is 10.4. The van der Waals surface area contributed by atoms with Crippen molar-refractivity contribution in [2.75, 3.05) is 32.7 Å². The van der Waals surface area contributed by atoms with E-state index in [4.69, 9.17) is 4.21 Å². The molecule has 0 fully saturated rings. The molecule has 0 aliphatic heterocycles. The topological polar surface area (TPSA) is 29.5 Å². The highest BCUT2D eigenvalue weighted by Gasteiger charge is 2.32. The van der Waals surface area contributed by atoms with E-state index in [2.05, 4.69) is 68.2 Å². The lowest BCUT2D eigenvalue weighted by Crippen LogP contribution is -2.28. The van der Waals surface area contributed by atoms with E-state index in [0.717, 1.165) is 6.16 Å². The molecule has 0 N–H and O–H groups in total. The highest BCUT2D eigenvalue weighted by molar-refractivity contribution is 7.74. The summed E-state index contributed by atoms with van der Waals surface area (Å²) in [6, 6.07) is 21.2. The molecular weight excluding hydrogens is 376 g/mol. The van der Waals surface area contributed by atoms with E-state index in [1.165, 1.54) is 10.6 Å². The van der Waals surface area contributed by atoms with E-state index >= 15 is 0 Å². The summed E-state index contributed by atoms with van der Waals surface area (Å²) in [6.45, 7) is 6.35. The molecule has 6 heteroatoms. The first-order valence-corrected chi connectivity index (χ1v) is 15.9. The molecule has 2 aromatic rings. The summed E-state index contributed by atoms with van der Waals surface area (Å²) in [7, 11) is -1.16. The Morgan fingerprint density at radius 1 is 0.923 bits per heavy atom. The molecule has 0 aromatic heterocycles. The third kappa shape index (κ3) is 7.10. The fourth-order valence-electron chi connectivity index (χ4n) is 2.95. The number of hydrogen-bond acceptors (Lipinski definition) is 3. The van der Waals surface area contributed by atoms with Gasteiger partial charge in [0, 0.05) is 6.16 Å². The van der Waals surface area contributed by atoms with Gasteiger partial charge in [0.15, 0.2) is 8.32 Å². The Kier molecular flexibility index (Phi) is 7.82. The summed E-state index contributed by atoms with van der Waals surface area (Å²) in [6.07, 6.45) is 2.04. The van der Waals surface area contributed by atoms with Crippen molar-refractivity contribution >= 4 is 34.2 Å². The molecule has 2 rings (SSSR count). The SMILES string of the molecule is CN(C)CP(=O)(CCP(c1ccccc1)c1ccccc1)O[Si](C)(C)C. The first-order valence-electron chi connectivity index (χ1n) is 9.00. The van der Waals surface area contributed by atoms with E-state index in [0.29, 0.717) is 12.4 Å². The molecule has 26 heavy (non-hydrogen) atoms. The minimum absolute atomic E-state index is 0.518. The molecule has 2 aromatic carbocycles. The van der Waals surface area contributed by atoms with E-state index in [1.54, 1.807) is 0 Å². The number of hydrogen-bond donors (Lipinski definition) is 0. The van der Waals surface area contributed by atoms with Gasteiger partial charge in [-0.25, -0.2) is 0 Å². The number of nitrogens with zero attached hydrogens (tertiary/aromatic N) is 1. The molecular formula is C20H31NO2P2Si. The molecule has 3 nitrogen and oxygen atoms in total. The highest BCUT2D eigenvalue weighted by Crippen LogP contribution is 2.52. The molecule has 0 aliphatic rings. The van der Waals surface area contributed by atoms with Crippen LogP contribution in [0.1, 0.15) is 0 Å². The lowest BCUT2D eigenvalue weighted by molar-refractivity contribution is 0.418. The van der Waals surface area contributed by atoms with Crippen molar-refractivity contribution in [2.45, 2.75) is 19.6 Å². The van der Waals surface area contributed by atoms with Crippen LogP contribution in [0, 0.1) is 0 Å². The van der Waals surface area contributed by atoms with Crippen LogP contribution < -0.4 is 10.6 Å². The minimum Gasteiger partial charge on any atom is -0.369 e. The first-order chi connectivity index (χ1) is 12.2. The van der Waals surface area contributed by atoms with Gasteiger partial charge in [0.05, 0.1) is 6.29 Å². The maximum atomic E-state index is 13.6. The van der Waals surface area contributed by atoms with Gasteiger partial charge in [0.25, 0.3) is 0 Å². The Balaban J connectivity index is 2.25. The zero-order valence-corrected chi connectivity index (χ0v) is 19.3. The first kappa shape index (κ1) is 21.5. The van der Waals surface area contributed by atoms with Crippen LogP contribution in [0.4, 0.5) is 0 Å². The van der Waals surface area contributed by atoms with Crippen LogP contribution in [0.5, 0.6) is 0 Å². The van der Waals surface area contributed by atoms with Crippen molar-refractivity contribution < 1.29 is 8.78 Å². The molecule has 0 aliphatic carbocycles. The predicted molar refractivity (Wildman–Crippen MR) is 119 cm³/mol. The third-order valence-corrected chi connectivity index (χ3v) is 12.0. The molecule has 1 unspecified atom stereocenters. The van der Waals surface area contributed by atoms with Gasteiger partial charge in [-0.1, -0.05) is 60.7 Å². The average molecular weight is 408 g/mol. The van der Waals surface area contributed by atoms with Crippen molar-refractivity contribution in [3.8, 4) is 0 Å². The Morgan fingerprint density at radius 2 is 1.38 bits per heavy atom. The Hall–Kier alpha value is -0.763. The Labute approximate surface area is 161 Å². The standard InChI is InChI=1S/C20H31NO2P2Si/c1-21(2)18-25(22,23-26(3,4)5)17-16-24(19-12-8-6-9-13-19)20-14-10-7-11-15-20/h6-15H,16-18H2,1-5H3. The molecule has 142 valence electrons. The summed E-state index contributed by atoms with van der Waals surface area (Å²) >= 11 is 0. The fraction of sp³-hybridized carbons (Fsp3) is 0.400. The van der Waals surface area contributed by atoms with Crippen LogP contribution in [0.3, 0.4) is 0 Å². The second-order valence-electron chi connectivity index (χ2n) is 7.79. The summed E-state index contributed by atoms with van der Waals surface area (Å²) in [5, 5.41) is 2.66. The van der Waals surface area contributed by atoms with Crippen LogP contribution >= 0.6 is 15.3 Å². The quantitative estimate of drug-likeness (QED) is 0.443. The summed E-state index contributed by atoms with van der Waals surface area (Å²) in [5.74, 6) is 0. The van der Waals surface area contributed by atoms with Gasteiger partial charge in [-0.2, -0.15) is 0 Å². The molecule has 0 saturated heterocycles. The molecule has 0 spiro atoms. The Morgan fingerprint density at radius 3 is 1.77 bits per heavy atom.